The number of hydrogen-bond acceptors (Lipinski definition) is 4. The van der Waals surface area contributed by atoms with Crippen molar-refractivity contribution in [3.63, 3.8) is 0 Å². The minimum Gasteiger partial charge on any atom is -0.481 e. The zero-order chi connectivity index (χ0) is 15.0. The van der Waals surface area contributed by atoms with Gasteiger partial charge in [0.05, 0.1) is 12.5 Å². The second-order valence-electron chi connectivity index (χ2n) is 5.10. The van der Waals surface area contributed by atoms with E-state index in [1.807, 2.05) is 17.6 Å². The molecule has 0 saturated carbocycles. The summed E-state index contributed by atoms with van der Waals surface area (Å²) in [5.74, 6) is 1.15. The molecule has 3 rings (SSSR count). The van der Waals surface area contributed by atoms with Gasteiger partial charge in [-0.15, -0.1) is 11.6 Å². The quantitative estimate of drug-likeness (QED) is 0.883. The minimum atomic E-state index is -0.320. The summed E-state index contributed by atoms with van der Waals surface area (Å²) in [7, 11) is 1.56. The molecular weight excluding hydrogens is 292 g/mol. The molecule has 2 aromatic rings. The summed E-state index contributed by atoms with van der Waals surface area (Å²) >= 11 is 6.25. The van der Waals surface area contributed by atoms with Crippen molar-refractivity contribution in [3.8, 4) is 5.88 Å². The van der Waals surface area contributed by atoms with Crippen molar-refractivity contribution in [2.75, 3.05) is 13.7 Å². The van der Waals surface area contributed by atoms with Gasteiger partial charge in [-0.2, -0.15) is 4.98 Å². The first-order valence-corrected chi connectivity index (χ1v) is 7.40. The summed E-state index contributed by atoms with van der Waals surface area (Å²) in [4.78, 5) is 21.2. The number of nitrogens with zero attached hydrogens (tertiary/aromatic N) is 3. The van der Waals surface area contributed by atoms with Crippen molar-refractivity contribution in [2.24, 2.45) is 0 Å². The number of ether oxygens (including phenoxy) is 1. The van der Waals surface area contributed by atoms with Crippen LogP contribution in [0.3, 0.4) is 0 Å². The van der Waals surface area contributed by atoms with Gasteiger partial charge in [-0.3, -0.25) is 9.36 Å². The van der Waals surface area contributed by atoms with Crippen LogP contribution in [0.15, 0.2) is 12.1 Å². The van der Waals surface area contributed by atoms with E-state index in [2.05, 4.69) is 15.3 Å². The number of imidazole rings is 1. The average molecular weight is 309 g/mol. The Morgan fingerprint density at radius 1 is 1.48 bits per heavy atom. The summed E-state index contributed by atoms with van der Waals surface area (Å²) < 4.78 is 7.03. The lowest BCUT2D eigenvalue weighted by Gasteiger charge is -2.25. The van der Waals surface area contributed by atoms with E-state index in [1.54, 1.807) is 13.2 Å². The Morgan fingerprint density at radius 2 is 2.29 bits per heavy atom. The van der Waals surface area contributed by atoms with E-state index in [4.69, 9.17) is 16.3 Å². The molecule has 2 aromatic heterocycles. The van der Waals surface area contributed by atoms with E-state index >= 15 is 0 Å². The van der Waals surface area contributed by atoms with Gasteiger partial charge in [0, 0.05) is 12.6 Å². The third-order valence-corrected chi connectivity index (χ3v) is 3.87. The maximum Gasteiger partial charge on any atom is 0.243 e. The van der Waals surface area contributed by atoms with Crippen LogP contribution in [0, 0.1) is 0 Å². The lowest BCUT2D eigenvalue weighted by molar-refractivity contribution is -0.125. The van der Waals surface area contributed by atoms with Crippen LogP contribution in [0.5, 0.6) is 5.88 Å². The van der Waals surface area contributed by atoms with Crippen LogP contribution < -0.4 is 10.1 Å². The Kier molecular flexibility index (Phi) is 3.71. The van der Waals surface area contributed by atoms with Crippen LogP contribution in [0.2, 0.25) is 0 Å². The number of carbonyl (C=O) groups excluding carboxylic acids is 1. The Bertz CT molecular complexity index is 683. The molecule has 1 saturated heterocycles. The molecular formula is C14H17ClN4O2. The van der Waals surface area contributed by atoms with Gasteiger partial charge in [-0.1, -0.05) is 0 Å². The van der Waals surface area contributed by atoms with E-state index < -0.39 is 0 Å². The fraction of sp³-hybridized carbons (Fsp3) is 0.500. The minimum absolute atomic E-state index is 0.0104. The lowest BCUT2D eigenvalue weighted by atomic mass is 10.1. The smallest absolute Gasteiger partial charge is 0.243 e. The normalized spacial score (nSPS) is 20.3. The number of alkyl halides is 1. The number of hydrogen-bond donors (Lipinski definition) is 1. The van der Waals surface area contributed by atoms with Crippen LogP contribution in [0.4, 0.5) is 0 Å². The standard InChI is InChI=1S/C14H17ClN4O2/c1-8(15)12-17-9-5-6-11(21-2)18-13(9)19(12)10-4-3-7-16-14(10)20/h5-6,8,10H,3-4,7H2,1-2H3,(H,16,20). The van der Waals surface area contributed by atoms with Crippen LogP contribution in [-0.2, 0) is 4.79 Å². The Morgan fingerprint density at radius 3 is 2.95 bits per heavy atom. The van der Waals surface area contributed by atoms with Crippen molar-refractivity contribution in [1.29, 1.82) is 0 Å². The van der Waals surface area contributed by atoms with Crippen LogP contribution in [0.25, 0.3) is 11.2 Å². The lowest BCUT2D eigenvalue weighted by Crippen LogP contribution is -2.38. The van der Waals surface area contributed by atoms with E-state index in [-0.39, 0.29) is 17.3 Å². The molecule has 0 aromatic carbocycles. The van der Waals surface area contributed by atoms with Gasteiger partial charge in [-0.05, 0) is 25.8 Å². The van der Waals surface area contributed by atoms with Gasteiger partial charge in [0.1, 0.15) is 17.4 Å². The highest BCUT2D eigenvalue weighted by atomic mass is 35.5. The van der Waals surface area contributed by atoms with Crippen LogP contribution in [0.1, 0.15) is 37.0 Å². The molecule has 0 aliphatic carbocycles. The molecule has 0 bridgehead atoms. The summed E-state index contributed by atoms with van der Waals surface area (Å²) in [6.07, 6.45) is 1.68. The second kappa shape index (κ2) is 5.52. The highest BCUT2D eigenvalue weighted by Gasteiger charge is 2.29. The molecule has 6 nitrogen and oxygen atoms in total. The molecule has 1 N–H and O–H groups in total. The zero-order valence-electron chi connectivity index (χ0n) is 12.0. The van der Waals surface area contributed by atoms with Gasteiger partial charge < -0.3 is 10.1 Å². The van der Waals surface area contributed by atoms with Gasteiger partial charge in [0.25, 0.3) is 0 Å². The Labute approximate surface area is 127 Å². The molecule has 112 valence electrons. The largest absolute Gasteiger partial charge is 0.481 e. The number of nitrogens with one attached hydrogen (secondary N) is 1. The summed E-state index contributed by atoms with van der Waals surface area (Å²) in [6.45, 7) is 2.56. The Balaban J connectivity index is 2.20. The maximum absolute atomic E-state index is 12.2. The summed E-state index contributed by atoms with van der Waals surface area (Å²) in [6, 6.07) is 3.27. The molecule has 7 heteroatoms. The summed E-state index contributed by atoms with van der Waals surface area (Å²) in [5, 5.41) is 2.58. The molecule has 1 aliphatic heterocycles. The van der Waals surface area contributed by atoms with Crippen molar-refractivity contribution in [3.05, 3.63) is 18.0 Å². The fourth-order valence-corrected chi connectivity index (χ4v) is 2.83. The van der Waals surface area contributed by atoms with Gasteiger partial charge in [0.15, 0.2) is 5.65 Å². The van der Waals surface area contributed by atoms with Crippen molar-refractivity contribution < 1.29 is 9.53 Å². The topological polar surface area (TPSA) is 69.0 Å². The van der Waals surface area contributed by atoms with E-state index in [0.29, 0.717) is 23.9 Å². The first kappa shape index (κ1) is 14.1. The fourth-order valence-electron chi connectivity index (χ4n) is 2.68. The van der Waals surface area contributed by atoms with E-state index in [1.165, 1.54) is 0 Å². The highest BCUT2D eigenvalue weighted by molar-refractivity contribution is 6.20. The number of pyridine rings is 1. The van der Waals surface area contributed by atoms with Gasteiger partial charge in [0.2, 0.25) is 11.8 Å². The molecule has 2 atom stereocenters. The van der Waals surface area contributed by atoms with Crippen LogP contribution >= 0.6 is 11.6 Å². The molecule has 0 spiro atoms. The van der Waals surface area contributed by atoms with Crippen molar-refractivity contribution in [2.45, 2.75) is 31.2 Å². The number of halogens is 1. The molecule has 1 aliphatic rings. The number of rotatable bonds is 3. The monoisotopic (exact) mass is 308 g/mol. The average Bonchev–Trinajstić information content (AvgIpc) is 2.86. The predicted molar refractivity (Wildman–Crippen MR) is 79.6 cm³/mol. The SMILES string of the molecule is COc1ccc2nc(C(C)Cl)n(C3CCCNC3=O)c2n1. The number of amides is 1. The molecule has 1 amide bonds. The van der Waals surface area contributed by atoms with Gasteiger partial charge in [-0.25, -0.2) is 4.98 Å². The molecule has 1 fully saturated rings. The number of piperidine rings is 1. The van der Waals surface area contributed by atoms with Crippen molar-refractivity contribution >= 4 is 28.7 Å². The van der Waals surface area contributed by atoms with E-state index in [9.17, 15) is 4.79 Å². The van der Waals surface area contributed by atoms with E-state index in [0.717, 1.165) is 18.4 Å². The molecule has 3 heterocycles. The first-order chi connectivity index (χ1) is 10.1. The highest BCUT2D eigenvalue weighted by Crippen LogP contribution is 2.31. The molecule has 2 unspecified atom stereocenters. The third-order valence-electron chi connectivity index (χ3n) is 3.67. The number of carbonyl (C=O) groups is 1. The van der Waals surface area contributed by atoms with Crippen LogP contribution in [-0.4, -0.2) is 34.1 Å². The third kappa shape index (κ3) is 2.44. The molecule has 0 radical (unpaired) electrons. The zero-order valence-corrected chi connectivity index (χ0v) is 12.7. The molecule has 21 heavy (non-hydrogen) atoms. The summed E-state index contributed by atoms with van der Waals surface area (Å²) in [5.41, 5.74) is 1.36. The second-order valence-corrected chi connectivity index (χ2v) is 5.76. The predicted octanol–water partition coefficient (Wildman–Crippen LogP) is 2.19. The number of aromatic nitrogens is 3. The first-order valence-electron chi connectivity index (χ1n) is 6.96. The van der Waals surface area contributed by atoms with Gasteiger partial charge >= 0.3 is 0 Å². The number of methoxy groups -OCH3 is 1. The maximum atomic E-state index is 12.2. The number of fused-ring (bicyclic) bond motifs is 1. The Hall–Kier alpha value is -1.82. The van der Waals surface area contributed by atoms with Crippen molar-refractivity contribution in [1.82, 2.24) is 19.9 Å².